The van der Waals surface area contributed by atoms with E-state index in [1.54, 1.807) is 55.6 Å². The lowest BCUT2D eigenvalue weighted by Gasteiger charge is -2.13. The van der Waals surface area contributed by atoms with Gasteiger partial charge in [0.1, 0.15) is 11.5 Å². The molecule has 0 aliphatic heterocycles. The molecule has 0 radical (unpaired) electrons. The van der Waals surface area contributed by atoms with E-state index >= 15 is 0 Å². The fraction of sp³-hybridized carbons (Fsp3) is 0.125. The van der Waals surface area contributed by atoms with Crippen molar-refractivity contribution in [3.63, 3.8) is 0 Å². The smallest absolute Gasteiger partial charge is 0.269 e. The second kappa shape index (κ2) is 11.5. The van der Waals surface area contributed by atoms with Crippen LogP contribution >= 0.6 is 12.2 Å². The Morgan fingerprint density at radius 1 is 0.844 bits per heavy atom. The van der Waals surface area contributed by atoms with Crippen LogP contribution in [0.5, 0.6) is 11.5 Å². The summed E-state index contributed by atoms with van der Waals surface area (Å²) in [6.45, 7) is 0.426. The lowest BCUT2D eigenvalue weighted by Crippen LogP contribution is -2.48. The van der Waals surface area contributed by atoms with Crippen molar-refractivity contribution < 1.29 is 19.1 Å². The maximum Gasteiger partial charge on any atom is 0.269 e. The molecule has 32 heavy (non-hydrogen) atoms. The fourth-order valence-corrected chi connectivity index (χ4v) is 2.98. The number of benzene rings is 3. The highest BCUT2D eigenvalue weighted by Crippen LogP contribution is 2.18. The van der Waals surface area contributed by atoms with Crippen LogP contribution in [0.25, 0.3) is 0 Å². The van der Waals surface area contributed by atoms with E-state index < -0.39 is 11.8 Å². The van der Waals surface area contributed by atoms with Gasteiger partial charge in [0.2, 0.25) is 0 Å². The van der Waals surface area contributed by atoms with E-state index in [0.717, 1.165) is 5.56 Å². The van der Waals surface area contributed by atoms with Crippen LogP contribution < -0.4 is 25.6 Å². The number of carbonyl (C=O) groups is 2. The van der Waals surface area contributed by atoms with Crippen LogP contribution in [0.1, 0.15) is 26.3 Å². The minimum atomic E-state index is -0.448. The van der Waals surface area contributed by atoms with Crippen LogP contribution in [0, 0.1) is 0 Å². The van der Waals surface area contributed by atoms with Gasteiger partial charge in [-0.25, -0.2) is 0 Å². The highest BCUT2D eigenvalue weighted by atomic mass is 32.1. The fourth-order valence-electron chi connectivity index (χ4n) is 2.83. The standard InChI is InChI=1S/C24H23N3O4S/c1-30-19-13-11-18(12-14-19)22(28)26-27-24(32)25-23(29)20-9-5-6-10-21(20)31-16-15-17-7-3-2-4-8-17/h2-14H,15-16H2,1H3,(H,26,28)(H2,25,27,29,32). The van der Waals surface area contributed by atoms with Crippen molar-refractivity contribution in [2.45, 2.75) is 6.42 Å². The molecule has 0 aromatic heterocycles. The van der Waals surface area contributed by atoms with Crippen LogP contribution in [0.3, 0.4) is 0 Å². The van der Waals surface area contributed by atoms with Gasteiger partial charge in [0, 0.05) is 12.0 Å². The first-order valence-electron chi connectivity index (χ1n) is 9.88. The number of amides is 2. The topological polar surface area (TPSA) is 88.7 Å². The zero-order valence-electron chi connectivity index (χ0n) is 17.5. The number of hydrogen-bond acceptors (Lipinski definition) is 5. The van der Waals surface area contributed by atoms with Gasteiger partial charge >= 0.3 is 0 Å². The Labute approximate surface area is 191 Å². The number of para-hydroxylation sites is 1. The van der Waals surface area contributed by atoms with Gasteiger partial charge in [0.15, 0.2) is 5.11 Å². The molecule has 0 spiro atoms. The Kier molecular flexibility index (Phi) is 8.16. The van der Waals surface area contributed by atoms with E-state index in [1.807, 2.05) is 30.3 Å². The number of thiocarbonyl (C=S) groups is 1. The number of hydrogen-bond donors (Lipinski definition) is 3. The third-order valence-electron chi connectivity index (χ3n) is 4.49. The normalized spacial score (nSPS) is 10.0. The second-order valence-electron chi connectivity index (χ2n) is 6.67. The van der Waals surface area contributed by atoms with Crippen LogP contribution in [-0.4, -0.2) is 30.6 Å². The number of methoxy groups -OCH3 is 1. The number of rotatable bonds is 7. The monoisotopic (exact) mass is 449 g/mol. The molecule has 0 saturated carbocycles. The SMILES string of the molecule is COc1ccc(C(=O)NNC(=S)NC(=O)c2ccccc2OCCc2ccccc2)cc1. The molecule has 3 aromatic carbocycles. The summed E-state index contributed by atoms with van der Waals surface area (Å²) in [6.07, 6.45) is 0.716. The van der Waals surface area contributed by atoms with Crippen LogP contribution in [0.15, 0.2) is 78.9 Å². The summed E-state index contributed by atoms with van der Waals surface area (Å²) >= 11 is 5.11. The van der Waals surface area contributed by atoms with E-state index in [9.17, 15) is 9.59 Å². The van der Waals surface area contributed by atoms with E-state index in [2.05, 4.69) is 16.2 Å². The summed E-state index contributed by atoms with van der Waals surface area (Å²) in [7, 11) is 1.55. The highest BCUT2D eigenvalue weighted by molar-refractivity contribution is 7.80. The summed E-state index contributed by atoms with van der Waals surface area (Å²) in [6, 6.07) is 23.4. The number of ether oxygens (including phenoxy) is 2. The van der Waals surface area contributed by atoms with Crippen LogP contribution in [-0.2, 0) is 6.42 Å². The molecule has 164 valence electrons. The summed E-state index contributed by atoms with van der Waals surface area (Å²) in [5.41, 5.74) is 6.86. The number of carbonyl (C=O) groups excluding carboxylic acids is 2. The molecule has 0 unspecified atom stereocenters. The lowest BCUT2D eigenvalue weighted by atomic mass is 10.1. The van der Waals surface area contributed by atoms with Crippen molar-refractivity contribution in [3.05, 3.63) is 95.6 Å². The molecule has 2 amide bonds. The molecule has 0 aliphatic rings. The predicted octanol–water partition coefficient (Wildman–Crippen LogP) is 3.27. The maximum absolute atomic E-state index is 12.6. The first-order chi connectivity index (χ1) is 15.6. The number of hydrazine groups is 1. The van der Waals surface area contributed by atoms with E-state index in [-0.39, 0.29) is 5.11 Å². The molecule has 3 rings (SSSR count). The van der Waals surface area contributed by atoms with Crippen LogP contribution in [0.4, 0.5) is 0 Å². The molecule has 7 nitrogen and oxygen atoms in total. The first kappa shape index (κ1) is 22.8. The second-order valence-corrected chi connectivity index (χ2v) is 7.08. The molecular weight excluding hydrogens is 426 g/mol. The molecule has 8 heteroatoms. The van der Waals surface area contributed by atoms with Gasteiger partial charge in [-0.1, -0.05) is 42.5 Å². The Balaban J connectivity index is 1.51. The molecule has 3 aromatic rings. The molecule has 0 saturated heterocycles. The van der Waals surface area contributed by atoms with Crippen molar-refractivity contribution in [1.29, 1.82) is 0 Å². The molecular formula is C24H23N3O4S. The average molecular weight is 450 g/mol. The molecule has 0 heterocycles. The van der Waals surface area contributed by atoms with Crippen molar-refractivity contribution in [2.75, 3.05) is 13.7 Å². The van der Waals surface area contributed by atoms with E-state index in [0.29, 0.717) is 35.7 Å². The Morgan fingerprint density at radius 2 is 1.53 bits per heavy atom. The highest BCUT2D eigenvalue weighted by Gasteiger charge is 2.14. The van der Waals surface area contributed by atoms with Gasteiger partial charge in [0.05, 0.1) is 19.3 Å². The average Bonchev–Trinajstić information content (AvgIpc) is 2.83. The summed E-state index contributed by atoms with van der Waals surface area (Å²) in [5.74, 6) is 0.235. The molecule has 3 N–H and O–H groups in total. The van der Waals surface area contributed by atoms with Gasteiger partial charge in [-0.05, 0) is 54.2 Å². The largest absolute Gasteiger partial charge is 0.497 e. The van der Waals surface area contributed by atoms with Gasteiger partial charge in [0.25, 0.3) is 11.8 Å². The van der Waals surface area contributed by atoms with E-state index in [4.69, 9.17) is 21.7 Å². The molecule has 0 fully saturated rings. The van der Waals surface area contributed by atoms with Crippen molar-refractivity contribution in [2.24, 2.45) is 0 Å². The zero-order chi connectivity index (χ0) is 22.8. The lowest BCUT2D eigenvalue weighted by molar-refractivity contribution is 0.0933. The van der Waals surface area contributed by atoms with Gasteiger partial charge in [-0.15, -0.1) is 0 Å². The Bertz CT molecular complexity index is 1070. The third kappa shape index (κ3) is 6.55. The third-order valence-corrected chi connectivity index (χ3v) is 4.70. The summed E-state index contributed by atoms with van der Waals surface area (Å²) < 4.78 is 10.9. The predicted molar refractivity (Wildman–Crippen MR) is 126 cm³/mol. The van der Waals surface area contributed by atoms with Gasteiger partial charge in [-0.2, -0.15) is 0 Å². The van der Waals surface area contributed by atoms with Crippen molar-refractivity contribution >= 4 is 29.1 Å². The Morgan fingerprint density at radius 3 is 2.25 bits per heavy atom. The zero-order valence-corrected chi connectivity index (χ0v) is 18.3. The minimum absolute atomic E-state index is 0.0454. The van der Waals surface area contributed by atoms with Crippen molar-refractivity contribution in [1.82, 2.24) is 16.2 Å². The quantitative estimate of drug-likeness (QED) is 0.379. The summed E-state index contributed by atoms with van der Waals surface area (Å²) in [4.78, 5) is 24.8. The van der Waals surface area contributed by atoms with Crippen molar-refractivity contribution in [3.8, 4) is 11.5 Å². The van der Waals surface area contributed by atoms with Crippen LogP contribution in [0.2, 0.25) is 0 Å². The summed E-state index contributed by atoms with van der Waals surface area (Å²) in [5, 5.41) is 2.49. The number of nitrogens with one attached hydrogen (secondary N) is 3. The molecule has 0 aliphatic carbocycles. The van der Waals surface area contributed by atoms with Gasteiger partial charge in [-0.3, -0.25) is 25.8 Å². The molecule has 0 bridgehead atoms. The first-order valence-corrected chi connectivity index (χ1v) is 10.3. The minimum Gasteiger partial charge on any atom is -0.497 e. The van der Waals surface area contributed by atoms with E-state index in [1.165, 1.54) is 0 Å². The molecule has 0 atom stereocenters. The van der Waals surface area contributed by atoms with Gasteiger partial charge < -0.3 is 9.47 Å². The Hall–Kier alpha value is -3.91. The maximum atomic E-state index is 12.6.